The largest absolute Gasteiger partial charge is 0.347 e. The first-order valence-electron chi connectivity index (χ1n) is 9.84. The Morgan fingerprint density at radius 2 is 1.73 bits per heavy atom. The molecule has 0 spiro atoms. The molecule has 30 heavy (non-hydrogen) atoms. The van der Waals surface area contributed by atoms with Gasteiger partial charge in [-0.3, -0.25) is 9.59 Å². The highest BCUT2D eigenvalue weighted by Crippen LogP contribution is 2.33. The van der Waals surface area contributed by atoms with Gasteiger partial charge in [0.2, 0.25) is 5.43 Å². The van der Waals surface area contributed by atoms with Crippen LogP contribution in [-0.4, -0.2) is 10.5 Å². The standard InChI is InChI=1S/C25H22N2O2S/c1-3-27-16-20(24(28)19-15-17(2)13-14-22(19)27)25(29)26-21-11-7-8-12-23(21)30-18-9-5-4-6-10-18/h4-16H,3H2,1-2H3,(H,26,29). The molecule has 0 unspecified atom stereocenters. The first kappa shape index (κ1) is 20.0. The Bertz CT molecular complexity index is 1280. The summed E-state index contributed by atoms with van der Waals surface area (Å²) in [6.45, 7) is 4.61. The molecule has 0 saturated carbocycles. The molecule has 0 saturated heterocycles. The van der Waals surface area contributed by atoms with Gasteiger partial charge in [-0.05, 0) is 50.2 Å². The summed E-state index contributed by atoms with van der Waals surface area (Å²) < 4.78 is 1.94. The Balaban J connectivity index is 1.71. The van der Waals surface area contributed by atoms with E-state index in [1.54, 1.807) is 18.0 Å². The fourth-order valence-electron chi connectivity index (χ4n) is 3.40. The van der Waals surface area contributed by atoms with E-state index in [-0.39, 0.29) is 11.0 Å². The first-order chi connectivity index (χ1) is 14.6. The van der Waals surface area contributed by atoms with Gasteiger partial charge < -0.3 is 9.88 Å². The summed E-state index contributed by atoms with van der Waals surface area (Å²) in [6.07, 6.45) is 1.66. The van der Waals surface area contributed by atoms with Crippen LogP contribution in [0.3, 0.4) is 0 Å². The molecule has 0 aliphatic carbocycles. The number of rotatable bonds is 5. The quantitative estimate of drug-likeness (QED) is 0.453. The molecule has 3 aromatic carbocycles. The molecular weight excluding hydrogens is 392 g/mol. The number of aromatic nitrogens is 1. The Labute approximate surface area is 179 Å². The molecule has 5 heteroatoms. The number of aryl methyl sites for hydroxylation is 2. The van der Waals surface area contributed by atoms with Crippen molar-refractivity contribution in [1.82, 2.24) is 4.57 Å². The Morgan fingerprint density at radius 1 is 1.00 bits per heavy atom. The molecule has 4 rings (SSSR count). The lowest BCUT2D eigenvalue weighted by Crippen LogP contribution is -2.24. The molecule has 1 N–H and O–H groups in total. The summed E-state index contributed by atoms with van der Waals surface area (Å²) in [4.78, 5) is 28.2. The third-order valence-corrected chi connectivity index (χ3v) is 6.01. The summed E-state index contributed by atoms with van der Waals surface area (Å²) in [5.41, 5.74) is 2.41. The van der Waals surface area contributed by atoms with E-state index in [1.165, 1.54) is 0 Å². The Morgan fingerprint density at radius 3 is 2.50 bits per heavy atom. The van der Waals surface area contributed by atoms with Crippen LogP contribution in [0.4, 0.5) is 5.69 Å². The number of carbonyl (C=O) groups excluding carboxylic acids is 1. The van der Waals surface area contributed by atoms with Gasteiger partial charge in [0.1, 0.15) is 5.56 Å². The van der Waals surface area contributed by atoms with Crippen LogP contribution in [0.1, 0.15) is 22.8 Å². The third kappa shape index (κ3) is 4.02. The van der Waals surface area contributed by atoms with E-state index in [0.29, 0.717) is 17.6 Å². The minimum Gasteiger partial charge on any atom is -0.347 e. The molecule has 0 aliphatic heterocycles. The van der Waals surface area contributed by atoms with Crippen LogP contribution in [0.15, 0.2) is 93.6 Å². The monoisotopic (exact) mass is 414 g/mol. The number of fused-ring (bicyclic) bond motifs is 1. The second kappa shape index (κ2) is 8.59. The SMILES string of the molecule is CCn1cc(C(=O)Nc2ccccc2Sc2ccccc2)c(=O)c2cc(C)ccc21. The van der Waals surface area contributed by atoms with Crippen molar-refractivity contribution in [2.24, 2.45) is 0 Å². The molecule has 150 valence electrons. The number of carbonyl (C=O) groups is 1. The predicted molar refractivity (Wildman–Crippen MR) is 124 cm³/mol. The third-order valence-electron chi connectivity index (χ3n) is 4.93. The smallest absolute Gasteiger partial charge is 0.261 e. The molecule has 0 radical (unpaired) electrons. The molecule has 0 fully saturated rings. The van der Waals surface area contributed by atoms with E-state index in [2.05, 4.69) is 5.32 Å². The second-order valence-electron chi connectivity index (χ2n) is 7.04. The number of pyridine rings is 1. The van der Waals surface area contributed by atoms with Crippen molar-refractivity contribution >= 4 is 34.3 Å². The predicted octanol–water partition coefficient (Wildman–Crippen LogP) is 5.73. The van der Waals surface area contributed by atoms with E-state index >= 15 is 0 Å². The summed E-state index contributed by atoms with van der Waals surface area (Å²) in [5.74, 6) is -0.397. The fraction of sp³-hybridized carbons (Fsp3) is 0.120. The zero-order chi connectivity index (χ0) is 21.1. The maximum atomic E-state index is 13.1. The van der Waals surface area contributed by atoms with Crippen LogP contribution in [0, 0.1) is 6.92 Å². The molecule has 4 nitrogen and oxygen atoms in total. The number of benzene rings is 3. The fourth-order valence-corrected chi connectivity index (χ4v) is 4.32. The first-order valence-corrected chi connectivity index (χ1v) is 10.7. The van der Waals surface area contributed by atoms with Gasteiger partial charge in [0.25, 0.3) is 5.91 Å². The van der Waals surface area contributed by atoms with E-state index in [4.69, 9.17) is 0 Å². The van der Waals surface area contributed by atoms with Crippen LogP contribution in [0.25, 0.3) is 10.9 Å². The highest BCUT2D eigenvalue weighted by Gasteiger charge is 2.17. The number of hydrogen-bond acceptors (Lipinski definition) is 3. The van der Waals surface area contributed by atoms with Gasteiger partial charge in [0, 0.05) is 27.9 Å². The Hall–Kier alpha value is -3.31. The number of nitrogens with one attached hydrogen (secondary N) is 1. The van der Waals surface area contributed by atoms with Gasteiger partial charge in [0.15, 0.2) is 0 Å². The molecule has 0 atom stereocenters. The van der Waals surface area contributed by atoms with Crippen molar-refractivity contribution in [2.45, 2.75) is 30.2 Å². The molecule has 1 heterocycles. The van der Waals surface area contributed by atoms with E-state index in [0.717, 1.165) is 20.9 Å². The van der Waals surface area contributed by atoms with Crippen LogP contribution in [0.2, 0.25) is 0 Å². The molecule has 4 aromatic rings. The number of hydrogen-bond donors (Lipinski definition) is 1. The van der Waals surface area contributed by atoms with Gasteiger partial charge in [-0.2, -0.15) is 0 Å². The summed E-state index contributed by atoms with van der Waals surface area (Å²) in [7, 11) is 0. The zero-order valence-corrected chi connectivity index (χ0v) is 17.7. The van der Waals surface area contributed by atoms with Crippen LogP contribution in [-0.2, 0) is 6.54 Å². The zero-order valence-electron chi connectivity index (χ0n) is 16.9. The van der Waals surface area contributed by atoms with Crippen molar-refractivity contribution in [3.63, 3.8) is 0 Å². The summed E-state index contributed by atoms with van der Waals surface area (Å²) in [6, 6.07) is 23.4. The lowest BCUT2D eigenvalue weighted by atomic mass is 10.1. The highest BCUT2D eigenvalue weighted by atomic mass is 32.2. The molecule has 1 amide bonds. The maximum Gasteiger partial charge on any atom is 0.261 e. The molecular formula is C25H22N2O2S. The highest BCUT2D eigenvalue weighted by molar-refractivity contribution is 7.99. The second-order valence-corrected chi connectivity index (χ2v) is 8.16. The Kier molecular flexibility index (Phi) is 5.72. The average molecular weight is 415 g/mol. The van der Waals surface area contributed by atoms with Gasteiger partial charge in [0.05, 0.1) is 11.2 Å². The number of nitrogens with zero attached hydrogens (tertiary/aromatic N) is 1. The number of amides is 1. The van der Waals surface area contributed by atoms with Crippen LogP contribution in [0.5, 0.6) is 0 Å². The minimum atomic E-state index is -0.397. The topological polar surface area (TPSA) is 51.1 Å². The van der Waals surface area contributed by atoms with Gasteiger partial charge in [-0.1, -0.05) is 53.7 Å². The van der Waals surface area contributed by atoms with Crippen molar-refractivity contribution in [3.8, 4) is 0 Å². The van der Waals surface area contributed by atoms with Crippen molar-refractivity contribution in [3.05, 3.63) is 100 Å². The van der Waals surface area contributed by atoms with E-state index in [9.17, 15) is 9.59 Å². The van der Waals surface area contributed by atoms with E-state index < -0.39 is 5.91 Å². The van der Waals surface area contributed by atoms with Gasteiger partial charge in [-0.25, -0.2) is 0 Å². The van der Waals surface area contributed by atoms with Gasteiger partial charge in [-0.15, -0.1) is 0 Å². The summed E-state index contributed by atoms with van der Waals surface area (Å²) in [5, 5.41) is 3.51. The maximum absolute atomic E-state index is 13.1. The molecule has 1 aromatic heterocycles. The lowest BCUT2D eigenvalue weighted by Gasteiger charge is -2.14. The molecule has 0 bridgehead atoms. The molecule has 0 aliphatic rings. The van der Waals surface area contributed by atoms with E-state index in [1.807, 2.05) is 91.2 Å². The van der Waals surface area contributed by atoms with Crippen molar-refractivity contribution < 1.29 is 4.79 Å². The normalized spacial score (nSPS) is 10.9. The number of para-hydroxylation sites is 1. The van der Waals surface area contributed by atoms with Crippen molar-refractivity contribution in [2.75, 3.05) is 5.32 Å². The van der Waals surface area contributed by atoms with Crippen molar-refractivity contribution in [1.29, 1.82) is 0 Å². The van der Waals surface area contributed by atoms with Crippen LogP contribution < -0.4 is 10.7 Å². The summed E-state index contributed by atoms with van der Waals surface area (Å²) >= 11 is 1.57. The lowest BCUT2D eigenvalue weighted by molar-refractivity contribution is 0.102. The number of anilines is 1. The minimum absolute atomic E-state index is 0.148. The average Bonchev–Trinajstić information content (AvgIpc) is 2.76. The van der Waals surface area contributed by atoms with Gasteiger partial charge >= 0.3 is 0 Å². The van der Waals surface area contributed by atoms with Crippen LogP contribution >= 0.6 is 11.8 Å².